The molecule has 3 rings (SSSR count). The van der Waals surface area contributed by atoms with E-state index in [-0.39, 0.29) is 0 Å². The van der Waals surface area contributed by atoms with Crippen molar-refractivity contribution in [3.8, 4) is 5.75 Å². The van der Waals surface area contributed by atoms with E-state index < -0.39 is 0 Å². The molecule has 0 saturated heterocycles. The van der Waals surface area contributed by atoms with Crippen LogP contribution in [0.4, 0.5) is 0 Å². The van der Waals surface area contributed by atoms with Gasteiger partial charge in [-0.2, -0.15) is 0 Å². The molecule has 22 heavy (non-hydrogen) atoms. The summed E-state index contributed by atoms with van der Waals surface area (Å²) in [5, 5.41) is 1.37. The molecular weight excluding hydrogens is 319 g/mol. The maximum Gasteiger partial charge on any atom is 0.179 e. The van der Waals surface area contributed by atoms with E-state index in [1.54, 1.807) is 6.07 Å². The predicted octanol–water partition coefficient (Wildman–Crippen LogP) is 4.96. The van der Waals surface area contributed by atoms with Gasteiger partial charge in [0, 0.05) is 22.4 Å². The molecule has 2 heterocycles. The van der Waals surface area contributed by atoms with Crippen LogP contribution in [0.2, 0.25) is 10.0 Å². The zero-order chi connectivity index (χ0) is 15.5. The number of hydrogen-bond donors (Lipinski definition) is 0. The number of rotatable bonds is 5. The number of hydrogen-bond acceptors (Lipinski definition) is 2. The van der Waals surface area contributed by atoms with Gasteiger partial charge in [0.2, 0.25) is 0 Å². The standard InChI is InChI=1S/C17H16Cl2N2O/c1-12-11-21-8-2-5-16(17(21)20-12)22-9-3-4-13-6-7-14(18)10-15(13)19/h2,5-8,10-11H,3-4,9H2,1H3. The van der Waals surface area contributed by atoms with E-state index in [0.29, 0.717) is 16.7 Å². The van der Waals surface area contributed by atoms with E-state index in [1.807, 2.05) is 48.0 Å². The van der Waals surface area contributed by atoms with E-state index in [0.717, 1.165) is 35.5 Å². The lowest BCUT2D eigenvalue weighted by molar-refractivity contribution is 0.313. The molecule has 0 N–H and O–H groups in total. The van der Waals surface area contributed by atoms with Crippen molar-refractivity contribution < 1.29 is 4.74 Å². The Bertz CT molecular complexity index is 798. The van der Waals surface area contributed by atoms with Crippen molar-refractivity contribution in [2.24, 2.45) is 0 Å². The van der Waals surface area contributed by atoms with Gasteiger partial charge in [-0.25, -0.2) is 4.98 Å². The summed E-state index contributed by atoms with van der Waals surface area (Å²) in [7, 11) is 0. The van der Waals surface area contributed by atoms with E-state index in [1.165, 1.54) is 0 Å². The lowest BCUT2D eigenvalue weighted by atomic mass is 10.1. The highest BCUT2D eigenvalue weighted by Crippen LogP contribution is 2.23. The number of aromatic nitrogens is 2. The summed E-state index contributed by atoms with van der Waals surface area (Å²) in [6, 6.07) is 9.49. The third-order valence-electron chi connectivity index (χ3n) is 3.43. The highest BCUT2D eigenvalue weighted by Gasteiger charge is 2.06. The van der Waals surface area contributed by atoms with E-state index >= 15 is 0 Å². The second kappa shape index (κ2) is 6.59. The first-order valence-electron chi connectivity index (χ1n) is 7.14. The van der Waals surface area contributed by atoms with Crippen LogP contribution in [0.15, 0.2) is 42.7 Å². The SMILES string of the molecule is Cc1cn2cccc(OCCCc3ccc(Cl)cc3Cl)c2n1. The first-order chi connectivity index (χ1) is 10.6. The molecule has 0 fully saturated rings. The van der Waals surface area contributed by atoms with Crippen LogP contribution in [-0.2, 0) is 6.42 Å². The number of benzene rings is 1. The van der Waals surface area contributed by atoms with Crippen LogP contribution in [0.1, 0.15) is 17.7 Å². The molecule has 0 spiro atoms. The summed E-state index contributed by atoms with van der Waals surface area (Å²) in [5.74, 6) is 0.804. The van der Waals surface area contributed by atoms with Gasteiger partial charge in [0.25, 0.3) is 0 Å². The summed E-state index contributed by atoms with van der Waals surface area (Å²) in [5.41, 5.74) is 2.91. The first kappa shape index (κ1) is 15.2. The van der Waals surface area contributed by atoms with Crippen molar-refractivity contribution in [1.29, 1.82) is 0 Å². The van der Waals surface area contributed by atoms with Gasteiger partial charge >= 0.3 is 0 Å². The van der Waals surface area contributed by atoms with Gasteiger partial charge in [-0.05, 0) is 49.6 Å². The number of aryl methyl sites for hydroxylation is 2. The summed E-state index contributed by atoms with van der Waals surface area (Å²) in [4.78, 5) is 4.48. The second-order valence-electron chi connectivity index (χ2n) is 5.17. The smallest absolute Gasteiger partial charge is 0.179 e. The highest BCUT2D eigenvalue weighted by molar-refractivity contribution is 6.35. The van der Waals surface area contributed by atoms with E-state index in [4.69, 9.17) is 27.9 Å². The average molecular weight is 335 g/mol. The third kappa shape index (κ3) is 3.37. The summed E-state index contributed by atoms with van der Waals surface area (Å²) >= 11 is 12.1. The molecule has 0 bridgehead atoms. The molecule has 3 nitrogen and oxygen atoms in total. The predicted molar refractivity (Wildman–Crippen MR) is 90.2 cm³/mol. The molecule has 5 heteroatoms. The Balaban J connectivity index is 1.60. The Morgan fingerprint density at radius 2 is 2.09 bits per heavy atom. The van der Waals surface area contributed by atoms with Gasteiger partial charge < -0.3 is 9.14 Å². The molecule has 0 radical (unpaired) electrons. The van der Waals surface area contributed by atoms with Gasteiger partial charge in [-0.3, -0.25) is 0 Å². The number of ether oxygens (including phenoxy) is 1. The molecule has 2 aromatic heterocycles. The van der Waals surface area contributed by atoms with Crippen LogP contribution in [0, 0.1) is 6.92 Å². The number of imidazole rings is 1. The number of nitrogens with zero attached hydrogens (tertiary/aromatic N) is 2. The Kier molecular flexibility index (Phi) is 4.55. The molecule has 1 aromatic carbocycles. The van der Waals surface area contributed by atoms with Crippen LogP contribution in [-0.4, -0.2) is 16.0 Å². The zero-order valence-electron chi connectivity index (χ0n) is 12.2. The van der Waals surface area contributed by atoms with E-state index in [9.17, 15) is 0 Å². The van der Waals surface area contributed by atoms with Gasteiger partial charge in [0.1, 0.15) is 0 Å². The Labute approximate surface area is 139 Å². The van der Waals surface area contributed by atoms with Gasteiger partial charge in [-0.1, -0.05) is 29.3 Å². The molecule has 0 unspecified atom stereocenters. The Morgan fingerprint density at radius 3 is 2.91 bits per heavy atom. The van der Waals surface area contributed by atoms with Crippen molar-refractivity contribution in [3.63, 3.8) is 0 Å². The Morgan fingerprint density at radius 1 is 1.23 bits per heavy atom. The topological polar surface area (TPSA) is 26.5 Å². The summed E-state index contributed by atoms with van der Waals surface area (Å²) in [6.07, 6.45) is 5.68. The maximum atomic E-state index is 6.17. The summed E-state index contributed by atoms with van der Waals surface area (Å²) < 4.78 is 7.84. The van der Waals surface area contributed by atoms with Gasteiger partial charge in [0.15, 0.2) is 11.4 Å². The molecule has 0 saturated carbocycles. The fraction of sp³-hybridized carbons (Fsp3) is 0.235. The lowest BCUT2D eigenvalue weighted by Gasteiger charge is -2.08. The van der Waals surface area contributed by atoms with Crippen molar-refractivity contribution in [3.05, 3.63) is 64.0 Å². The maximum absolute atomic E-state index is 6.17. The average Bonchev–Trinajstić information content (AvgIpc) is 2.86. The van der Waals surface area contributed by atoms with Crippen LogP contribution >= 0.6 is 23.2 Å². The van der Waals surface area contributed by atoms with Crippen LogP contribution < -0.4 is 4.74 Å². The van der Waals surface area contributed by atoms with Crippen molar-refractivity contribution in [2.45, 2.75) is 19.8 Å². The third-order valence-corrected chi connectivity index (χ3v) is 4.02. The normalized spacial score (nSPS) is 11.0. The minimum atomic E-state index is 0.616. The van der Waals surface area contributed by atoms with Crippen LogP contribution in [0.3, 0.4) is 0 Å². The quantitative estimate of drug-likeness (QED) is 0.616. The van der Waals surface area contributed by atoms with Gasteiger partial charge in [0.05, 0.1) is 12.3 Å². The monoisotopic (exact) mass is 334 g/mol. The fourth-order valence-electron chi connectivity index (χ4n) is 2.39. The van der Waals surface area contributed by atoms with Crippen molar-refractivity contribution >= 4 is 28.8 Å². The fourth-order valence-corrected chi connectivity index (χ4v) is 2.89. The number of pyridine rings is 1. The van der Waals surface area contributed by atoms with Gasteiger partial charge in [-0.15, -0.1) is 0 Å². The van der Waals surface area contributed by atoms with Crippen molar-refractivity contribution in [2.75, 3.05) is 6.61 Å². The lowest BCUT2D eigenvalue weighted by Crippen LogP contribution is -2.01. The highest BCUT2D eigenvalue weighted by atomic mass is 35.5. The van der Waals surface area contributed by atoms with Crippen LogP contribution in [0.25, 0.3) is 5.65 Å². The summed E-state index contributed by atoms with van der Waals surface area (Å²) in [6.45, 7) is 2.59. The molecule has 0 aliphatic rings. The van der Waals surface area contributed by atoms with Crippen molar-refractivity contribution in [1.82, 2.24) is 9.38 Å². The zero-order valence-corrected chi connectivity index (χ0v) is 13.7. The minimum Gasteiger partial charge on any atom is -0.490 e. The largest absolute Gasteiger partial charge is 0.490 e. The number of fused-ring (bicyclic) bond motifs is 1. The molecule has 3 aromatic rings. The molecule has 0 amide bonds. The first-order valence-corrected chi connectivity index (χ1v) is 7.90. The Hall–Kier alpha value is -1.71. The minimum absolute atomic E-state index is 0.616. The molecule has 0 atom stereocenters. The molecular formula is C17H16Cl2N2O. The second-order valence-corrected chi connectivity index (χ2v) is 6.02. The number of halogens is 2. The molecule has 114 valence electrons. The molecule has 0 aliphatic heterocycles. The van der Waals surface area contributed by atoms with Crippen LogP contribution in [0.5, 0.6) is 5.75 Å². The van der Waals surface area contributed by atoms with E-state index in [2.05, 4.69) is 4.98 Å². The molecule has 0 aliphatic carbocycles.